The van der Waals surface area contributed by atoms with Gasteiger partial charge in [0.15, 0.2) is 0 Å². The van der Waals surface area contributed by atoms with Crippen LogP contribution in [0.2, 0.25) is 0 Å². The van der Waals surface area contributed by atoms with Gasteiger partial charge in [0.25, 0.3) is 0 Å². The van der Waals surface area contributed by atoms with E-state index in [4.69, 9.17) is 5.73 Å². The van der Waals surface area contributed by atoms with E-state index in [1.165, 1.54) is 5.69 Å². The van der Waals surface area contributed by atoms with Gasteiger partial charge in [-0.25, -0.2) is 0 Å². The maximum atomic E-state index is 11.5. The summed E-state index contributed by atoms with van der Waals surface area (Å²) >= 11 is 3.69. The molecule has 2 N–H and O–H groups in total. The van der Waals surface area contributed by atoms with Gasteiger partial charge in [0.05, 0.1) is 21.8 Å². The predicted molar refractivity (Wildman–Crippen MR) is 86.8 cm³/mol. The molecular weight excluding hydrogens is 332 g/mol. The topological polar surface area (TPSA) is 64.2 Å². The summed E-state index contributed by atoms with van der Waals surface area (Å²) in [6.45, 7) is 8.86. The number of likely N-dealkylation sites (tertiary alicyclic amines) is 1. The summed E-state index contributed by atoms with van der Waals surface area (Å²) in [6.07, 6.45) is 2.84. The first kappa shape index (κ1) is 16.5. The van der Waals surface area contributed by atoms with Crippen LogP contribution in [0.1, 0.15) is 45.0 Å². The Morgan fingerprint density at radius 3 is 2.71 bits per heavy atom. The van der Waals surface area contributed by atoms with Crippen molar-refractivity contribution in [3.63, 3.8) is 0 Å². The minimum Gasteiger partial charge on any atom is -0.369 e. The van der Waals surface area contributed by atoms with Crippen LogP contribution >= 0.6 is 15.9 Å². The Labute approximate surface area is 135 Å². The second-order valence-corrected chi connectivity index (χ2v) is 6.62. The van der Waals surface area contributed by atoms with Gasteiger partial charge in [-0.05, 0) is 49.0 Å². The first-order valence-electron chi connectivity index (χ1n) is 7.75. The van der Waals surface area contributed by atoms with E-state index in [1.54, 1.807) is 0 Å². The molecule has 1 aromatic heterocycles. The van der Waals surface area contributed by atoms with E-state index in [-0.39, 0.29) is 11.8 Å². The molecule has 2 heterocycles. The lowest BCUT2D eigenvalue weighted by Crippen LogP contribution is -2.45. The zero-order valence-electron chi connectivity index (χ0n) is 13.1. The molecule has 1 aliphatic heterocycles. The largest absolute Gasteiger partial charge is 0.369 e. The normalized spacial score (nSPS) is 23.4. The first-order valence-corrected chi connectivity index (χ1v) is 8.54. The number of aryl methyl sites for hydroxylation is 2. The Morgan fingerprint density at radius 2 is 2.14 bits per heavy atom. The van der Waals surface area contributed by atoms with Gasteiger partial charge < -0.3 is 5.73 Å². The maximum absolute atomic E-state index is 11.5. The van der Waals surface area contributed by atoms with Crippen LogP contribution in [0, 0.1) is 5.92 Å². The lowest BCUT2D eigenvalue weighted by Gasteiger charge is -2.36. The number of amides is 1. The summed E-state index contributed by atoms with van der Waals surface area (Å²) in [4.78, 5) is 13.8. The molecule has 2 unspecified atom stereocenters. The van der Waals surface area contributed by atoms with Gasteiger partial charge in [-0.3, -0.25) is 14.4 Å². The number of rotatable bonds is 5. The van der Waals surface area contributed by atoms with Crippen molar-refractivity contribution in [1.29, 1.82) is 0 Å². The van der Waals surface area contributed by atoms with Gasteiger partial charge in [0.1, 0.15) is 0 Å². The molecule has 1 amide bonds. The van der Waals surface area contributed by atoms with Crippen LogP contribution in [0.5, 0.6) is 0 Å². The third-order valence-electron chi connectivity index (χ3n) is 4.46. The fourth-order valence-corrected chi connectivity index (χ4v) is 3.68. The minimum atomic E-state index is -0.177. The molecule has 1 aromatic rings. The fraction of sp³-hybridized carbons (Fsp3) is 0.733. The summed E-state index contributed by atoms with van der Waals surface area (Å²) in [5.41, 5.74) is 7.79. The number of nitrogens with two attached hydrogens (primary N) is 1. The van der Waals surface area contributed by atoms with E-state index in [9.17, 15) is 4.79 Å². The highest BCUT2D eigenvalue weighted by Gasteiger charge is 2.30. The summed E-state index contributed by atoms with van der Waals surface area (Å²) in [6, 6.07) is 0.470. The lowest BCUT2D eigenvalue weighted by molar-refractivity contribution is -0.124. The van der Waals surface area contributed by atoms with Gasteiger partial charge in [0, 0.05) is 25.7 Å². The number of carbonyl (C=O) groups excluding carboxylic acids is 1. The van der Waals surface area contributed by atoms with Crippen LogP contribution < -0.4 is 5.73 Å². The molecule has 1 fully saturated rings. The van der Waals surface area contributed by atoms with Crippen molar-refractivity contribution in [2.24, 2.45) is 11.7 Å². The van der Waals surface area contributed by atoms with Gasteiger partial charge >= 0.3 is 0 Å². The molecule has 0 saturated carbocycles. The zero-order chi connectivity index (χ0) is 15.6. The van der Waals surface area contributed by atoms with E-state index in [2.05, 4.69) is 51.4 Å². The summed E-state index contributed by atoms with van der Waals surface area (Å²) in [5.74, 6) is -0.201. The Kier molecular flexibility index (Phi) is 5.43. The molecule has 0 spiro atoms. The van der Waals surface area contributed by atoms with Gasteiger partial charge in [-0.15, -0.1) is 0 Å². The van der Waals surface area contributed by atoms with Crippen molar-refractivity contribution in [2.75, 3.05) is 6.54 Å². The number of halogens is 1. The van der Waals surface area contributed by atoms with Gasteiger partial charge in [-0.1, -0.05) is 6.92 Å². The molecular formula is C15H25BrN4O. The van der Waals surface area contributed by atoms with Crippen LogP contribution in [-0.4, -0.2) is 33.2 Å². The third-order valence-corrected chi connectivity index (χ3v) is 5.38. The Morgan fingerprint density at radius 1 is 1.43 bits per heavy atom. The van der Waals surface area contributed by atoms with Gasteiger partial charge in [-0.2, -0.15) is 5.10 Å². The van der Waals surface area contributed by atoms with Crippen LogP contribution in [0.3, 0.4) is 0 Å². The number of hydrogen-bond donors (Lipinski definition) is 1. The first-order chi connectivity index (χ1) is 9.97. The zero-order valence-corrected chi connectivity index (χ0v) is 14.7. The molecule has 2 rings (SSSR count). The number of hydrogen-bond acceptors (Lipinski definition) is 3. The monoisotopic (exact) mass is 356 g/mol. The summed E-state index contributed by atoms with van der Waals surface area (Å²) in [7, 11) is 0. The number of nitrogens with zero attached hydrogens (tertiary/aromatic N) is 3. The third kappa shape index (κ3) is 3.48. The second kappa shape index (κ2) is 6.92. The summed E-state index contributed by atoms with van der Waals surface area (Å²) < 4.78 is 3.17. The SMILES string of the molecule is CCc1nn(CC)c(CN2CC(C(N)=O)CCC2C)c1Br. The highest BCUT2D eigenvalue weighted by Crippen LogP contribution is 2.28. The molecule has 0 aromatic carbocycles. The van der Waals surface area contributed by atoms with Crippen molar-refractivity contribution in [2.45, 2.75) is 59.2 Å². The molecule has 6 heteroatoms. The molecule has 21 heavy (non-hydrogen) atoms. The number of aromatic nitrogens is 2. The highest BCUT2D eigenvalue weighted by molar-refractivity contribution is 9.10. The summed E-state index contributed by atoms with van der Waals surface area (Å²) in [5, 5.41) is 4.64. The van der Waals surface area contributed by atoms with Gasteiger partial charge in [0.2, 0.25) is 5.91 Å². The van der Waals surface area contributed by atoms with E-state index in [0.29, 0.717) is 6.04 Å². The number of carbonyl (C=O) groups is 1. The van der Waals surface area contributed by atoms with Crippen molar-refractivity contribution in [3.05, 3.63) is 15.9 Å². The van der Waals surface area contributed by atoms with Crippen molar-refractivity contribution in [1.82, 2.24) is 14.7 Å². The molecule has 5 nitrogen and oxygen atoms in total. The molecule has 0 aliphatic carbocycles. The van der Waals surface area contributed by atoms with Crippen LogP contribution in [-0.2, 0) is 24.3 Å². The second-order valence-electron chi connectivity index (χ2n) is 5.83. The molecule has 118 valence electrons. The van der Waals surface area contributed by atoms with E-state index in [1.807, 2.05) is 0 Å². The quantitative estimate of drug-likeness (QED) is 0.880. The fourth-order valence-electron chi connectivity index (χ4n) is 2.99. The Bertz CT molecular complexity index is 514. The average Bonchev–Trinajstić information content (AvgIpc) is 2.77. The molecule has 2 atom stereocenters. The molecule has 1 saturated heterocycles. The minimum absolute atomic E-state index is 0.0244. The van der Waals surface area contributed by atoms with Crippen molar-refractivity contribution >= 4 is 21.8 Å². The molecule has 0 bridgehead atoms. The molecule has 1 aliphatic rings. The van der Waals surface area contributed by atoms with Crippen LogP contribution in [0.4, 0.5) is 0 Å². The van der Waals surface area contributed by atoms with Crippen molar-refractivity contribution < 1.29 is 4.79 Å². The Hall–Kier alpha value is -0.880. The lowest BCUT2D eigenvalue weighted by atomic mass is 9.93. The Balaban J connectivity index is 2.19. The van der Waals surface area contributed by atoms with Crippen molar-refractivity contribution in [3.8, 4) is 0 Å². The predicted octanol–water partition coefficient (Wildman–Crippen LogP) is 2.31. The van der Waals surface area contributed by atoms with E-state index >= 15 is 0 Å². The van der Waals surface area contributed by atoms with E-state index < -0.39 is 0 Å². The smallest absolute Gasteiger partial charge is 0.221 e. The molecule has 0 radical (unpaired) electrons. The van der Waals surface area contributed by atoms with Crippen LogP contribution in [0.15, 0.2) is 4.47 Å². The van der Waals surface area contributed by atoms with Crippen LogP contribution in [0.25, 0.3) is 0 Å². The highest BCUT2D eigenvalue weighted by atomic mass is 79.9. The van der Waals surface area contributed by atoms with E-state index in [0.717, 1.165) is 49.1 Å². The maximum Gasteiger partial charge on any atom is 0.221 e. The number of piperidine rings is 1. The number of primary amides is 1. The standard InChI is InChI=1S/C15H25BrN4O/c1-4-12-14(16)13(20(5-2)18-12)9-19-8-11(15(17)21)7-6-10(19)3/h10-11H,4-9H2,1-3H3,(H2,17,21). The average molecular weight is 357 g/mol.